The van der Waals surface area contributed by atoms with Gasteiger partial charge in [0.2, 0.25) is 6.36 Å². The van der Waals surface area contributed by atoms with Crippen molar-refractivity contribution in [2.24, 2.45) is 0 Å². The van der Waals surface area contributed by atoms with E-state index in [-0.39, 0.29) is 17.2 Å². The lowest BCUT2D eigenvalue weighted by atomic mass is 10.00. The molecule has 1 aromatic heterocycles. The van der Waals surface area contributed by atoms with Crippen LogP contribution < -0.4 is 0 Å². The number of carbonyl (C=O) groups is 2. The molecule has 0 bridgehead atoms. The molecule has 0 aromatic carbocycles. The summed E-state index contributed by atoms with van der Waals surface area (Å²) in [6.07, 6.45) is -1.54. The molecule has 0 aliphatic carbocycles. The third-order valence-corrected chi connectivity index (χ3v) is 3.12. The van der Waals surface area contributed by atoms with E-state index >= 15 is 0 Å². The molecule has 0 amide bonds. The van der Waals surface area contributed by atoms with Crippen molar-refractivity contribution in [3.8, 4) is 0 Å². The Morgan fingerprint density at radius 1 is 1.46 bits per heavy atom. The Balaban J connectivity index is 2.39. The standard InChI is InChI=1S/C15H19FN2O6/c1-5-22-13(19)11-10(12(16)24-18(11)21)9-7-6-8-17(9)14(20)23-15(2,3)4/h6-8,10,12H,5H2,1-4H3. The van der Waals surface area contributed by atoms with Gasteiger partial charge in [-0.2, -0.15) is 0 Å². The molecule has 0 saturated heterocycles. The van der Waals surface area contributed by atoms with Gasteiger partial charge in [0.1, 0.15) is 11.5 Å². The fraction of sp³-hybridized carbons (Fsp3) is 0.533. The highest BCUT2D eigenvalue weighted by Gasteiger charge is 2.49. The maximum Gasteiger partial charge on any atom is 0.418 e. The van der Waals surface area contributed by atoms with Gasteiger partial charge in [-0.05, 0) is 39.8 Å². The van der Waals surface area contributed by atoms with E-state index in [1.807, 2.05) is 0 Å². The average Bonchev–Trinajstić information content (AvgIpc) is 3.00. The third kappa shape index (κ3) is 3.50. The molecule has 0 fully saturated rings. The molecular formula is C15H19FN2O6. The average molecular weight is 342 g/mol. The molecule has 2 unspecified atom stereocenters. The van der Waals surface area contributed by atoms with Crippen molar-refractivity contribution in [2.75, 3.05) is 6.61 Å². The summed E-state index contributed by atoms with van der Waals surface area (Å²) in [6, 6.07) is 2.88. The minimum Gasteiger partial charge on any atom is -0.458 e. The Labute approximate surface area is 137 Å². The summed E-state index contributed by atoms with van der Waals surface area (Å²) in [5.41, 5.74) is -1.27. The van der Waals surface area contributed by atoms with Gasteiger partial charge >= 0.3 is 17.8 Å². The first-order valence-corrected chi connectivity index (χ1v) is 7.38. The van der Waals surface area contributed by atoms with Crippen molar-refractivity contribution in [3.05, 3.63) is 29.2 Å². The number of carbonyl (C=O) groups excluding carboxylic acids is 2. The highest BCUT2D eigenvalue weighted by atomic mass is 19.1. The van der Waals surface area contributed by atoms with Crippen molar-refractivity contribution in [1.82, 2.24) is 4.57 Å². The van der Waals surface area contributed by atoms with E-state index in [2.05, 4.69) is 4.84 Å². The monoisotopic (exact) mass is 342 g/mol. The van der Waals surface area contributed by atoms with Crippen molar-refractivity contribution in [1.29, 1.82) is 0 Å². The van der Waals surface area contributed by atoms with Crippen LogP contribution in [0.1, 0.15) is 39.3 Å². The van der Waals surface area contributed by atoms with Gasteiger partial charge in [-0.1, -0.05) is 0 Å². The summed E-state index contributed by atoms with van der Waals surface area (Å²) in [7, 11) is 0. The molecule has 9 heteroatoms. The molecule has 2 atom stereocenters. The summed E-state index contributed by atoms with van der Waals surface area (Å²) >= 11 is 0. The number of aromatic nitrogens is 1. The molecule has 2 rings (SSSR count). The minimum absolute atomic E-state index is 0.00687. The van der Waals surface area contributed by atoms with E-state index < -0.39 is 35.7 Å². The number of hydrogen-bond acceptors (Lipinski definition) is 6. The second-order valence-electron chi connectivity index (χ2n) is 6.08. The van der Waals surface area contributed by atoms with Gasteiger partial charge in [0.25, 0.3) is 0 Å². The number of esters is 1. The van der Waals surface area contributed by atoms with E-state index in [9.17, 15) is 19.2 Å². The lowest BCUT2D eigenvalue weighted by Gasteiger charge is -2.21. The van der Waals surface area contributed by atoms with Gasteiger partial charge in [-0.15, -0.1) is 0 Å². The lowest BCUT2D eigenvalue weighted by molar-refractivity contribution is -0.747. The molecule has 2 heterocycles. The van der Waals surface area contributed by atoms with Gasteiger partial charge in [0.05, 0.1) is 11.5 Å². The molecule has 8 nitrogen and oxygen atoms in total. The Morgan fingerprint density at radius 3 is 2.71 bits per heavy atom. The summed E-state index contributed by atoms with van der Waals surface area (Å²) in [4.78, 5) is 28.4. The Morgan fingerprint density at radius 2 is 2.12 bits per heavy atom. The number of ether oxygens (including phenoxy) is 2. The largest absolute Gasteiger partial charge is 0.458 e. The van der Waals surface area contributed by atoms with Crippen LogP contribution in [0.25, 0.3) is 0 Å². The molecule has 0 spiro atoms. The Hall–Kier alpha value is -2.58. The fourth-order valence-corrected chi connectivity index (χ4v) is 2.25. The predicted octanol–water partition coefficient (Wildman–Crippen LogP) is 2.11. The zero-order valence-corrected chi connectivity index (χ0v) is 13.8. The van der Waals surface area contributed by atoms with Gasteiger partial charge in [0.15, 0.2) is 0 Å². The summed E-state index contributed by atoms with van der Waals surface area (Å²) in [6.45, 7) is 6.60. The van der Waals surface area contributed by atoms with Crippen molar-refractivity contribution < 1.29 is 33.2 Å². The quantitative estimate of drug-likeness (QED) is 0.617. The topological polar surface area (TPSA) is 92.8 Å². The summed E-state index contributed by atoms with van der Waals surface area (Å²) in [5, 5.41) is 11.7. The van der Waals surface area contributed by atoms with Gasteiger partial charge in [-0.3, -0.25) is 9.77 Å². The zero-order valence-electron chi connectivity index (χ0n) is 13.8. The molecule has 132 valence electrons. The van der Waals surface area contributed by atoms with Crippen LogP contribution in [0.2, 0.25) is 0 Å². The van der Waals surface area contributed by atoms with Crippen molar-refractivity contribution >= 4 is 17.8 Å². The van der Waals surface area contributed by atoms with Crippen LogP contribution in [0.4, 0.5) is 9.18 Å². The molecule has 0 N–H and O–H groups in total. The number of halogens is 1. The van der Waals surface area contributed by atoms with Gasteiger partial charge < -0.3 is 14.3 Å². The molecule has 1 aromatic rings. The fourth-order valence-electron chi connectivity index (χ4n) is 2.25. The second-order valence-corrected chi connectivity index (χ2v) is 6.08. The number of alkyl halides is 1. The molecule has 1 aliphatic rings. The second kappa shape index (κ2) is 6.50. The highest BCUT2D eigenvalue weighted by molar-refractivity contribution is 6.36. The molecule has 24 heavy (non-hydrogen) atoms. The van der Waals surface area contributed by atoms with Crippen molar-refractivity contribution in [2.45, 2.75) is 45.6 Å². The number of rotatable bonds is 3. The van der Waals surface area contributed by atoms with E-state index in [4.69, 9.17) is 9.47 Å². The van der Waals surface area contributed by atoms with Crippen LogP contribution in [-0.2, 0) is 19.1 Å². The van der Waals surface area contributed by atoms with Crippen LogP contribution in [0, 0.1) is 5.21 Å². The highest BCUT2D eigenvalue weighted by Crippen LogP contribution is 2.31. The smallest absolute Gasteiger partial charge is 0.418 e. The first-order valence-electron chi connectivity index (χ1n) is 7.38. The van der Waals surface area contributed by atoms with Crippen LogP contribution in [0.5, 0.6) is 0 Å². The summed E-state index contributed by atoms with van der Waals surface area (Å²) in [5.74, 6) is -2.40. The first kappa shape index (κ1) is 17.8. The third-order valence-electron chi connectivity index (χ3n) is 3.12. The molecule has 0 saturated carbocycles. The molecule has 0 radical (unpaired) electrons. The van der Waals surface area contributed by atoms with Crippen molar-refractivity contribution in [3.63, 3.8) is 0 Å². The van der Waals surface area contributed by atoms with E-state index in [1.54, 1.807) is 27.7 Å². The van der Waals surface area contributed by atoms with Crippen LogP contribution >= 0.6 is 0 Å². The lowest BCUT2D eigenvalue weighted by Crippen LogP contribution is -2.33. The summed E-state index contributed by atoms with van der Waals surface area (Å²) < 4.78 is 25.2. The maximum absolute atomic E-state index is 14.2. The SMILES string of the molecule is CCOC(=O)C1=[N+]([O-])OC(F)C1c1cccn1C(=O)OC(C)(C)C. The van der Waals surface area contributed by atoms with Gasteiger partial charge in [-0.25, -0.2) is 14.0 Å². The van der Waals surface area contributed by atoms with Gasteiger partial charge in [0, 0.05) is 11.9 Å². The van der Waals surface area contributed by atoms with E-state index in [0.29, 0.717) is 0 Å². The first-order chi connectivity index (χ1) is 11.2. The normalized spacial score (nSPS) is 20.7. The molecule has 1 aliphatic heterocycles. The predicted molar refractivity (Wildman–Crippen MR) is 80.1 cm³/mol. The maximum atomic E-state index is 14.2. The number of hydrogen-bond donors (Lipinski definition) is 0. The van der Waals surface area contributed by atoms with Crippen LogP contribution in [0.15, 0.2) is 18.3 Å². The zero-order chi connectivity index (χ0) is 18.1. The Kier molecular flexibility index (Phi) is 4.81. The van der Waals surface area contributed by atoms with E-state index in [1.165, 1.54) is 18.3 Å². The van der Waals surface area contributed by atoms with Crippen LogP contribution in [0.3, 0.4) is 0 Å². The van der Waals surface area contributed by atoms with E-state index in [0.717, 1.165) is 4.57 Å². The van der Waals surface area contributed by atoms with Crippen LogP contribution in [-0.4, -0.2) is 45.8 Å². The number of nitrogens with zero attached hydrogens (tertiary/aromatic N) is 2. The Bertz CT molecular complexity index is 676. The molecular weight excluding hydrogens is 323 g/mol. The minimum atomic E-state index is -2.13.